The summed E-state index contributed by atoms with van der Waals surface area (Å²) in [5.74, 6) is -1.10. The van der Waals surface area contributed by atoms with Crippen LogP contribution in [0.3, 0.4) is 0 Å². The van der Waals surface area contributed by atoms with Crippen molar-refractivity contribution < 1.29 is 24.2 Å². The average molecular weight is 463 g/mol. The van der Waals surface area contributed by atoms with Gasteiger partial charge >= 0.3 is 12.1 Å². The Bertz CT molecular complexity index is 1120. The van der Waals surface area contributed by atoms with Crippen LogP contribution >= 0.6 is 0 Å². The maximum absolute atomic E-state index is 12.9. The number of aliphatic carboxylic acids is 1. The molecule has 0 saturated heterocycles. The maximum atomic E-state index is 12.9. The number of ether oxygens (including phenoxy) is 1. The van der Waals surface area contributed by atoms with Crippen LogP contribution in [0.2, 0.25) is 0 Å². The molecule has 5 rings (SSSR count). The lowest BCUT2D eigenvalue weighted by molar-refractivity contribution is -0.148. The van der Waals surface area contributed by atoms with Crippen molar-refractivity contribution >= 4 is 18.0 Å². The summed E-state index contributed by atoms with van der Waals surface area (Å²) in [6.07, 6.45) is 1.77. The minimum absolute atomic E-state index is 0.00464. The molecule has 1 unspecified atom stereocenters. The third kappa shape index (κ3) is 3.63. The number of alkyl carbamates (subject to hydrolysis) is 1. The number of carboxylic acids is 1. The largest absolute Gasteiger partial charge is 0.480 e. The standard InChI is InChI=1S/C27H30N2O5/c1-3-26(2,24(31)32)29-23(30)27-13-16(27)12-17(14-27)28-25(33)34-15-22-20-10-6-4-8-18(20)19-9-5-7-11-21(19)22/h4-11,16-17,22H,3,12-15H2,1-2H3,(H,28,33)(H,29,30)(H,31,32)/t16-,17+,26?,27+/m1/s1. The fourth-order valence-corrected chi connectivity index (χ4v) is 5.76. The molecule has 0 aromatic heterocycles. The Morgan fingerprint density at radius 3 is 2.26 bits per heavy atom. The molecule has 3 N–H and O–H groups in total. The van der Waals surface area contributed by atoms with E-state index < -0.39 is 23.0 Å². The van der Waals surface area contributed by atoms with Crippen LogP contribution in [0.5, 0.6) is 0 Å². The zero-order chi connectivity index (χ0) is 24.1. The van der Waals surface area contributed by atoms with Gasteiger partial charge in [-0.1, -0.05) is 55.5 Å². The Labute approximate surface area is 198 Å². The second-order valence-corrected chi connectivity index (χ2v) is 10.1. The van der Waals surface area contributed by atoms with Gasteiger partial charge in [0.25, 0.3) is 0 Å². The lowest BCUT2D eigenvalue weighted by Gasteiger charge is -2.27. The average Bonchev–Trinajstić information content (AvgIpc) is 3.26. The molecule has 4 atom stereocenters. The highest BCUT2D eigenvalue weighted by atomic mass is 16.5. The fraction of sp³-hybridized carbons (Fsp3) is 0.444. The van der Waals surface area contributed by atoms with Gasteiger partial charge in [0.2, 0.25) is 5.91 Å². The van der Waals surface area contributed by atoms with Crippen molar-refractivity contribution in [1.29, 1.82) is 0 Å². The summed E-state index contributed by atoms with van der Waals surface area (Å²) >= 11 is 0. The van der Waals surface area contributed by atoms with E-state index in [9.17, 15) is 19.5 Å². The molecule has 7 nitrogen and oxygen atoms in total. The summed E-state index contributed by atoms with van der Waals surface area (Å²) < 4.78 is 5.65. The second kappa shape index (κ2) is 8.15. The molecule has 2 fully saturated rings. The number of benzene rings is 2. The van der Waals surface area contributed by atoms with E-state index in [2.05, 4.69) is 34.9 Å². The molecule has 34 heavy (non-hydrogen) atoms. The summed E-state index contributed by atoms with van der Waals surface area (Å²) in [6, 6.07) is 16.2. The fourth-order valence-electron chi connectivity index (χ4n) is 5.76. The zero-order valence-electron chi connectivity index (χ0n) is 19.5. The number of carboxylic acid groups (broad SMARTS) is 1. The van der Waals surface area contributed by atoms with Gasteiger partial charge in [-0.05, 0) is 60.8 Å². The number of carbonyl (C=O) groups is 3. The van der Waals surface area contributed by atoms with Gasteiger partial charge in [0.15, 0.2) is 0 Å². The minimum atomic E-state index is -1.28. The van der Waals surface area contributed by atoms with Gasteiger partial charge in [-0.3, -0.25) is 4.79 Å². The summed E-state index contributed by atoms with van der Waals surface area (Å²) in [4.78, 5) is 37.1. The molecule has 0 spiro atoms. The van der Waals surface area contributed by atoms with E-state index in [4.69, 9.17) is 4.74 Å². The Balaban J connectivity index is 1.18. The molecule has 0 aliphatic heterocycles. The molecular weight excluding hydrogens is 432 g/mol. The van der Waals surface area contributed by atoms with Crippen LogP contribution in [-0.2, 0) is 14.3 Å². The number of amides is 2. The quantitative estimate of drug-likeness (QED) is 0.576. The Kier molecular flexibility index (Phi) is 5.38. The first-order valence-corrected chi connectivity index (χ1v) is 11.9. The highest BCUT2D eigenvalue weighted by Crippen LogP contribution is 2.63. The monoisotopic (exact) mass is 462 g/mol. The number of hydrogen-bond donors (Lipinski definition) is 3. The first kappa shape index (κ1) is 22.4. The van der Waals surface area contributed by atoms with Crippen molar-refractivity contribution in [1.82, 2.24) is 10.6 Å². The SMILES string of the molecule is CCC(C)(NC(=O)[C@@]12C[C@@H](NC(=O)OCC3c4ccccc4-c4ccccc43)C[C@@H]1C2)C(=O)O. The molecule has 2 aromatic rings. The van der Waals surface area contributed by atoms with E-state index in [0.717, 1.165) is 17.5 Å². The van der Waals surface area contributed by atoms with Crippen molar-refractivity contribution in [2.75, 3.05) is 6.61 Å². The lowest BCUT2D eigenvalue weighted by atomic mass is 9.95. The number of fused-ring (bicyclic) bond motifs is 4. The molecule has 0 radical (unpaired) electrons. The molecular formula is C27H30N2O5. The second-order valence-electron chi connectivity index (χ2n) is 10.1. The van der Waals surface area contributed by atoms with Crippen LogP contribution < -0.4 is 10.6 Å². The van der Waals surface area contributed by atoms with Crippen LogP contribution in [0.4, 0.5) is 4.79 Å². The molecule has 178 valence electrons. The van der Waals surface area contributed by atoms with Gasteiger partial charge in [-0.25, -0.2) is 9.59 Å². The van der Waals surface area contributed by atoms with E-state index in [1.165, 1.54) is 18.1 Å². The number of rotatable bonds is 7. The first-order valence-electron chi connectivity index (χ1n) is 11.9. The first-order chi connectivity index (χ1) is 16.3. The zero-order valence-corrected chi connectivity index (χ0v) is 19.5. The normalized spacial score (nSPS) is 25.9. The third-order valence-electron chi connectivity index (χ3n) is 8.10. The Hall–Kier alpha value is -3.35. The van der Waals surface area contributed by atoms with E-state index in [1.54, 1.807) is 6.92 Å². The molecule has 2 amide bonds. The van der Waals surface area contributed by atoms with E-state index in [0.29, 0.717) is 19.3 Å². The molecule has 2 saturated carbocycles. The van der Waals surface area contributed by atoms with Gasteiger partial charge in [-0.2, -0.15) is 0 Å². The smallest absolute Gasteiger partial charge is 0.407 e. The summed E-state index contributed by atoms with van der Waals surface area (Å²) in [6.45, 7) is 3.52. The van der Waals surface area contributed by atoms with Gasteiger partial charge in [0.1, 0.15) is 12.1 Å². The predicted molar refractivity (Wildman–Crippen MR) is 126 cm³/mol. The van der Waals surface area contributed by atoms with Crippen molar-refractivity contribution in [3.8, 4) is 11.1 Å². The Morgan fingerprint density at radius 1 is 1.06 bits per heavy atom. The lowest BCUT2D eigenvalue weighted by Crippen LogP contribution is -2.54. The van der Waals surface area contributed by atoms with Crippen molar-refractivity contribution in [3.63, 3.8) is 0 Å². The Morgan fingerprint density at radius 2 is 1.68 bits per heavy atom. The van der Waals surface area contributed by atoms with Gasteiger partial charge in [-0.15, -0.1) is 0 Å². The minimum Gasteiger partial charge on any atom is -0.480 e. The molecule has 3 aliphatic rings. The third-order valence-corrected chi connectivity index (χ3v) is 8.10. The molecule has 0 heterocycles. The van der Waals surface area contributed by atoms with Crippen LogP contribution in [0.15, 0.2) is 48.5 Å². The topological polar surface area (TPSA) is 105 Å². The highest BCUT2D eigenvalue weighted by Gasteiger charge is 2.65. The number of hydrogen-bond acceptors (Lipinski definition) is 4. The van der Waals surface area contributed by atoms with Gasteiger partial charge < -0.3 is 20.5 Å². The summed E-state index contributed by atoms with van der Waals surface area (Å²) in [5, 5.41) is 15.1. The molecule has 3 aliphatic carbocycles. The van der Waals surface area contributed by atoms with Crippen LogP contribution in [0, 0.1) is 11.3 Å². The predicted octanol–water partition coefficient (Wildman–Crippen LogP) is 4.06. The van der Waals surface area contributed by atoms with E-state index in [-0.39, 0.29) is 30.4 Å². The van der Waals surface area contributed by atoms with Crippen molar-refractivity contribution in [2.24, 2.45) is 11.3 Å². The molecule has 0 bridgehead atoms. The summed E-state index contributed by atoms with van der Waals surface area (Å²) in [5.41, 5.74) is 2.82. The van der Waals surface area contributed by atoms with Crippen molar-refractivity contribution in [3.05, 3.63) is 59.7 Å². The van der Waals surface area contributed by atoms with Gasteiger partial charge in [0, 0.05) is 12.0 Å². The highest BCUT2D eigenvalue weighted by molar-refractivity contribution is 5.92. The number of nitrogens with one attached hydrogen (secondary N) is 2. The van der Waals surface area contributed by atoms with E-state index >= 15 is 0 Å². The van der Waals surface area contributed by atoms with Crippen LogP contribution in [0.25, 0.3) is 11.1 Å². The molecule has 7 heteroatoms. The van der Waals surface area contributed by atoms with E-state index in [1.807, 2.05) is 24.3 Å². The maximum Gasteiger partial charge on any atom is 0.407 e. The molecule has 2 aromatic carbocycles. The van der Waals surface area contributed by atoms with Gasteiger partial charge in [0.05, 0.1) is 5.41 Å². The van der Waals surface area contributed by atoms with Crippen molar-refractivity contribution in [2.45, 2.75) is 57.0 Å². The van der Waals surface area contributed by atoms with Crippen LogP contribution in [0.1, 0.15) is 56.6 Å². The summed E-state index contributed by atoms with van der Waals surface area (Å²) in [7, 11) is 0. The number of carbonyl (C=O) groups excluding carboxylic acids is 2. The van der Waals surface area contributed by atoms with Crippen LogP contribution in [-0.4, -0.2) is 41.3 Å².